The molecule has 0 saturated heterocycles. The van der Waals surface area contributed by atoms with E-state index in [0.29, 0.717) is 23.1 Å². The molecule has 3 N–H and O–H groups in total. The minimum atomic E-state index is -0.673. The molecule has 2 amide bonds. The van der Waals surface area contributed by atoms with Crippen molar-refractivity contribution in [1.82, 2.24) is 10.3 Å². The number of rotatable bonds is 5. The lowest BCUT2D eigenvalue weighted by molar-refractivity contribution is -0.120. The first-order valence-corrected chi connectivity index (χ1v) is 6.41. The number of oxazole rings is 1. The Hall–Kier alpha value is -2.37. The number of amides is 2. The SMILES string of the molecule is CC(C)CC(NC(=O)c1ccc2ncoc2c1)C(N)=O. The Morgan fingerprint density at radius 2 is 2.15 bits per heavy atom. The summed E-state index contributed by atoms with van der Waals surface area (Å²) in [4.78, 5) is 27.5. The molecule has 1 unspecified atom stereocenters. The van der Waals surface area contributed by atoms with Crippen LogP contribution in [0.3, 0.4) is 0 Å². The van der Waals surface area contributed by atoms with Crippen molar-refractivity contribution in [3.05, 3.63) is 30.2 Å². The predicted octanol–water partition coefficient (Wildman–Crippen LogP) is 1.46. The molecule has 0 saturated carbocycles. The number of primary amides is 1. The second kappa shape index (κ2) is 5.73. The third kappa shape index (κ3) is 3.14. The van der Waals surface area contributed by atoms with Crippen molar-refractivity contribution in [1.29, 1.82) is 0 Å². The van der Waals surface area contributed by atoms with Crippen LogP contribution in [0.1, 0.15) is 30.6 Å². The molecule has 0 aliphatic heterocycles. The van der Waals surface area contributed by atoms with Gasteiger partial charge >= 0.3 is 0 Å². The lowest BCUT2D eigenvalue weighted by atomic mass is 10.0. The summed E-state index contributed by atoms with van der Waals surface area (Å²) in [6.45, 7) is 3.92. The molecule has 106 valence electrons. The Morgan fingerprint density at radius 1 is 1.40 bits per heavy atom. The Kier molecular flexibility index (Phi) is 4.02. The number of nitrogens with one attached hydrogen (secondary N) is 1. The quantitative estimate of drug-likeness (QED) is 0.863. The smallest absolute Gasteiger partial charge is 0.252 e. The van der Waals surface area contributed by atoms with Gasteiger partial charge in [-0.1, -0.05) is 13.8 Å². The highest BCUT2D eigenvalue weighted by Crippen LogP contribution is 2.14. The standard InChI is InChI=1S/C14H17N3O3/c1-8(2)5-11(13(15)18)17-14(19)9-3-4-10-12(6-9)20-7-16-10/h3-4,6-8,11H,5H2,1-2H3,(H2,15,18)(H,17,19). The van der Waals surface area contributed by atoms with Gasteiger partial charge in [0, 0.05) is 5.56 Å². The van der Waals surface area contributed by atoms with E-state index in [9.17, 15) is 9.59 Å². The van der Waals surface area contributed by atoms with Crippen LogP contribution in [0.2, 0.25) is 0 Å². The molecular weight excluding hydrogens is 258 g/mol. The molecule has 6 nitrogen and oxygen atoms in total. The van der Waals surface area contributed by atoms with E-state index in [1.165, 1.54) is 6.39 Å². The van der Waals surface area contributed by atoms with E-state index in [-0.39, 0.29) is 11.8 Å². The molecule has 6 heteroatoms. The summed E-state index contributed by atoms with van der Waals surface area (Å²) < 4.78 is 5.14. The number of hydrogen-bond acceptors (Lipinski definition) is 4. The molecule has 0 spiro atoms. The van der Waals surface area contributed by atoms with Crippen molar-refractivity contribution in [2.75, 3.05) is 0 Å². The van der Waals surface area contributed by atoms with Crippen LogP contribution >= 0.6 is 0 Å². The number of hydrogen-bond donors (Lipinski definition) is 2. The molecule has 0 radical (unpaired) electrons. The van der Waals surface area contributed by atoms with Gasteiger partial charge in [0.1, 0.15) is 11.6 Å². The Balaban J connectivity index is 2.15. The first kappa shape index (κ1) is 14.0. The summed E-state index contributed by atoms with van der Waals surface area (Å²) >= 11 is 0. The monoisotopic (exact) mass is 275 g/mol. The highest BCUT2D eigenvalue weighted by molar-refractivity contribution is 5.99. The van der Waals surface area contributed by atoms with Gasteiger partial charge in [0.25, 0.3) is 5.91 Å². The fourth-order valence-electron chi connectivity index (χ4n) is 1.96. The molecule has 1 heterocycles. The van der Waals surface area contributed by atoms with Crippen LogP contribution in [-0.4, -0.2) is 22.8 Å². The average molecular weight is 275 g/mol. The zero-order valence-electron chi connectivity index (χ0n) is 11.4. The minimum Gasteiger partial charge on any atom is -0.443 e. The molecule has 1 aromatic heterocycles. The molecule has 2 aromatic rings. The van der Waals surface area contributed by atoms with Gasteiger partial charge in [-0.25, -0.2) is 4.98 Å². The first-order chi connectivity index (χ1) is 9.47. The van der Waals surface area contributed by atoms with E-state index in [1.807, 2.05) is 13.8 Å². The van der Waals surface area contributed by atoms with Crippen LogP contribution in [0.5, 0.6) is 0 Å². The molecule has 1 atom stereocenters. The van der Waals surface area contributed by atoms with Crippen LogP contribution < -0.4 is 11.1 Å². The highest BCUT2D eigenvalue weighted by atomic mass is 16.3. The van der Waals surface area contributed by atoms with Gasteiger partial charge in [-0.2, -0.15) is 0 Å². The maximum atomic E-state index is 12.1. The lowest BCUT2D eigenvalue weighted by Crippen LogP contribution is -2.45. The maximum Gasteiger partial charge on any atom is 0.252 e. The first-order valence-electron chi connectivity index (χ1n) is 6.41. The van der Waals surface area contributed by atoms with Gasteiger partial charge in [0.2, 0.25) is 5.91 Å². The summed E-state index contributed by atoms with van der Waals surface area (Å²) in [6, 6.07) is 4.24. The largest absolute Gasteiger partial charge is 0.443 e. The fraction of sp³-hybridized carbons (Fsp3) is 0.357. The van der Waals surface area contributed by atoms with Crippen molar-refractivity contribution in [3.8, 4) is 0 Å². The van der Waals surface area contributed by atoms with Crippen LogP contribution in [-0.2, 0) is 4.79 Å². The summed E-state index contributed by atoms with van der Waals surface area (Å²) in [6.07, 6.45) is 1.82. The van der Waals surface area contributed by atoms with Crippen molar-refractivity contribution in [2.45, 2.75) is 26.3 Å². The van der Waals surface area contributed by atoms with E-state index in [4.69, 9.17) is 10.2 Å². The van der Waals surface area contributed by atoms with Gasteiger partial charge in [-0.15, -0.1) is 0 Å². The van der Waals surface area contributed by atoms with Gasteiger partial charge in [-0.05, 0) is 30.5 Å². The van der Waals surface area contributed by atoms with Crippen molar-refractivity contribution in [3.63, 3.8) is 0 Å². The van der Waals surface area contributed by atoms with E-state index in [2.05, 4.69) is 10.3 Å². The molecule has 0 aliphatic rings. The third-order valence-electron chi connectivity index (χ3n) is 2.95. The second-order valence-electron chi connectivity index (χ2n) is 5.09. The molecule has 1 aromatic carbocycles. The Bertz CT molecular complexity index is 633. The number of carbonyl (C=O) groups excluding carboxylic acids is 2. The predicted molar refractivity (Wildman–Crippen MR) is 73.9 cm³/mol. The van der Waals surface area contributed by atoms with Crippen molar-refractivity contribution >= 4 is 22.9 Å². The van der Waals surface area contributed by atoms with Gasteiger partial charge < -0.3 is 15.5 Å². The van der Waals surface area contributed by atoms with E-state index >= 15 is 0 Å². The number of benzene rings is 1. The Morgan fingerprint density at radius 3 is 2.80 bits per heavy atom. The van der Waals surface area contributed by atoms with E-state index in [1.54, 1.807) is 18.2 Å². The van der Waals surface area contributed by atoms with Gasteiger partial charge in [0.05, 0.1) is 0 Å². The summed E-state index contributed by atoms with van der Waals surface area (Å²) in [7, 11) is 0. The lowest BCUT2D eigenvalue weighted by Gasteiger charge is -2.17. The summed E-state index contributed by atoms with van der Waals surface area (Å²) in [5, 5.41) is 2.65. The molecule has 0 bridgehead atoms. The minimum absolute atomic E-state index is 0.254. The number of nitrogens with zero attached hydrogens (tertiary/aromatic N) is 1. The molecule has 0 fully saturated rings. The third-order valence-corrected chi connectivity index (χ3v) is 2.95. The highest BCUT2D eigenvalue weighted by Gasteiger charge is 2.20. The van der Waals surface area contributed by atoms with Crippen LogP contribution in [0, 0.1) is 5.92 Å². The average Bonchev–Trinajstić information content (AvgIpc) is 2.84. The summed E-state index contributed by atoms with van der Waals surface area (Å²) in [5.74, 6) is -0.634. The van der Waals surface area contributed by atoms with E-state index < -0.39 is 11.9 Å². The fourth-order valence-corrected chi connectivity index (χ4v) is 1.96. The topological polar surface area (TPSA) is 98.2 Å². The van der Waals surface area contributed by atoms with E-state index in [0.717, 1.165) is 0 Å². The molecule has 20 heavy (non-hydrogen) atoms. The molecule has 0 aliphatic carbocycles. The zero-order valence-corrected chi connectivity index (χ0v) is 11.4. The number of aromatic nitrogens is 1. The molecular formula is C14H17N3O3. The van der Waals surface area contributed by atoms with Crippen molar-refractivity contribution < 1.29 is 14.0 Å². The van der Waals surface area contributed by atoms with Crippen LogP contribution in [0.4, 0.5) is 0 Å². The zero-order chi connectivity index (χ0) is 14.7. The maximum absolute atomic E-state index is 12.1. The van der Waals surface area contributed by atoms with Crippen LogP contribution in [0.15, 0.2) is 29.0 Å². The summed E-state index contributed by atoms with van der Waals surface area (Å²) in [5.41, 5.74) is 6.91. The normalized spacial score (nSPS) is 12.6. The molecule has 2 rings (SSSR count). The number of fused-ring (bicyclic) bond motifs is 1. The van der Waals surface area contributed by atoms with Crippen molar-refractivity contribution in [2.24, 2.45) is 11.7 Å². The Labute approximate surface area is 116 Å². The van der Waals surface area contributed by atoms with Gasteiger partial charge in [0.15, 0.2) is 12.0 Å². The van der Waals surface area contributed by atoms with Gasteiger partial charge in [-0.3, -0.25) is 9.59 Å². The number of carbonyl (C=O) groups is 2. The van der Waals surface area contributed by atoms with Crippen LogP contribution in [0.25, 0.3) is 11.1 Å². The second-order valence-corrected chi connectivity index (χ2v) is 5.09. The number of nitrogens with two attached hydrogens (primary N) is 1.